The van der Waals surface area contributed by atoms with Gasteiger partial charge in [-0.1, -0.05) is 11.6 Å². The second kappa shape index (κ2) is 5.94. The van der Waals surface area contributed by atoms with Crippen LogP contribution in [0.4, 0.5) is 5.82 Å². The van der Waals surface area contributed by atoms with Gasteiger partial charge in [0.2, 0.25) is 0 Å². The number of fused-ring (bicyclic) bond motifs is 1. The van der Waals surface area contributed by atoms with Gasteiger partial charge in [0.25, 0.3) is 0 Å². The van der Waals surface area contributed by atoms with Crippen molar-refractivity contribution < 1.29 is 5.11 Å². The van der Waals surface area contributed by atoms with Gasteiger partial charge in [-0.05, 0) is 43.9 Å². The van der Waals surface area contributed by atoms with Crippen molar-refractivity contribution >= 4 is 28.3 Å². The highest BCUT2D eigenvalue weighted by molar-refractivity contribution is 6.31. The third-order valence-corrected chi connectivity index (χ3v) is 4.17. The van der Waals surface area contributed by atoms with Gasteiger partial charge in [-0.3, -0.25) is 0 Å². The molecule has 1 aliphatic rings. The van der Waals surface area contributed by atoms with Crippen LogP contribution in [0.5, 0.6) is 0 Å². The summed E-state index contributed by atoms with van der Waals surface area (Å²) in [6.07, 6.45) is 5.88. The summed E-state index contributed by atoms with van der Waals surface area (Å²) in [4.78, 5) is 11.1. The van der Waals surface area contributed by atoms with Crippen molar-refractivity contribution in [3.63, 3.8) is 0 Å². The van der Waals surface area contributed by atoms with E-state index in [0.717, 1.165) is 36.1 Å². The van der Waals surface area contributed by atoms with Crippen LogP contribution in [-0.4, -0.2) is 34.3 Å². The van der Waals surface area contributed by atoms with E-state index in [1.165, 1.54) is 12.8 Å². The van der Waals surface area contributed by atoms with Gasteiger partial charge < -0.3 is 10.0 Å². The highest BCUT2D eigenvalue weighted by Gasteiger charge is 2.24. The molecule has 1 N–H and O–H groups in total. The van der Waals surface area contributed by atoms with E-state index in [-0.39, 0.29) is 6.61 Å². The fourth-order valence-electron chi connectivity index (χ4n) is 2.97. The molecule has 1 unspecified atom stereocenters. The average Bonchev–Trinajstić information content (AvgIpc) is 2.47. The van der Waals surface area contributed by atoms with Gasteiger partial charge in [0.15, 0.2) is 0 Å². The number of aliphatic hydroxyl groups is 1. The van der Waals surface area contributed by atoms with Crippen molar-refractivity contribution in [2.75, 3.05) is 18.1 Å². The maximum absolute atomic E-state index is 9.26. The minimum atomic E-state index is 0.218. The highest BCUT2D eigenvalue weighted by Crippen LogP contribution is 2.30. The van der Waals surface area contributed by atoms with Crippen LogP contribution < -0.4 is 4.90 Å². The van der Waals surface area contributed by atoms with E-state index in [4.69, 9.17) is 11.6 Å². The standard InChI is InChI=1S/C15H18ClN3O/c16-11-4-5-13-14(9-11)17-10-18-15(13)19-7-2-1-3-12(19)6-8-20/h4-5,9-10,12,20H,1-3,6-8H2. The first-order valence-electron chi connectivity index (χ1n) is 7.07. The maximum atomic E-state index is 9.26. The molecule has 2 heterocycles. The Morgan fingerprint density at radius 1 is 1.30 bits per heavy atom. The van der Waals surface area contributed by atoms with Crippen molar-refractivity contribution in [2.45, 2.75) is 31.7 Å². The zero-order valence-corrected chi connectivity index (χ0v) is 12.1. The first-order chi connectivity index (χ1) is 9.79. The summed E-state index contributed by atoms with van der Waals surface area (Å²) in [5, 5.41) is 11.0. The van der Waals surface area contributed by atoms with Crippen molar-refractivity contribution in [1.29, 1.82) is 0 Å². The normalized spacial score (nSPS) is 19.5. The molecule has 1 atom stereocenters. The fraction of sp³-hybridized carbons (Fsp3) is 0.467. The van der Waals surface area contributed by atoms with Gasteiger partial charge in [0.1, 0.15) is 12.1 Å². The molecule has 5 heteroatoms. The Balaban J connectivity index is 2.03. The molecule has 0 saturated carbocycles. The minimum absolute atomic E-state index is 0.218. The van der Waals surface area contributed by atoms with Crippen molar-refractivity contribution in [1.82, 2.24) is 9.97 Å². The van der Waals surface area contributed by atoms with Crippen LogP contribution in [0.2, 0.25) is 5.02 Å². The van der Waals surface area contributed by atoms with Crippen LogP contribution in [0.25, 0.3) is 10.9 Å². The number of hydrogen-bond donors (Lipinski definition) is 1. The van der Waals surface area contributed by atoms with Crippen molar-refractivity contribution in [3.05, 3.63) is 29.5 Å². The van der Waals surface area contributed by atoms with Crippen LogP contribution in [-0.2, 0) is 0 Å². The SMILES string of the molecule is OCCC1CCCCN1c1ncnc2cc(Cl)ccc12. The number of benzene rings is 1. The summed E-state index contributed by atoms with van der Waals surface area (Å²) >= 11 is 6.03. The molecule has 1 aromatic heterocycles. The molecule has 1 aliphatic heterocycles. The largest absolute Gasteiger partial charge is 0.396 e. The summed E-state index contributed by atoms with van der Waals surface area (Å²) in [7, 11) is 0. The minimum Gasteiger partial charge on any atom is -0.396 e. The Kier molecular flexibility index (Phi) is 4.03. The molecule has 3 rings (SSSR count). The summed E-state index contributed by atoms with van der Waals surface area (Å²) in [6, 6.07) is 6.09. The molecular weight excluding hydrogens is 274 g/mol. The van der Waals surface area contributed by atoms with Crippen LogP contribution in [0.15, 0.2) is 24.5 Å². The van der Waals surface area contributed by atoms with Gasteiger partial charge in [-0.15, -0.1) is 0 Å². The monoisotopic (exact) mass is 291 g/mol. The number of nitrogens with zero attached hydrogens (tertiary/aromatic N) is 3. The molecule has 1 aromatic carbocycles. The number of rotatable bonds is 3. The molecule has 0 amide bonds. The molecule has 106 valence electrons. The third kappa shape index (κ3) is 2.58. The molecule has 2 aromatic rings. The molecule has 20 heavy (non-hydrogen) atoms. The summed E-state index contributed by atoms with van der Waals surface area (Å²) in [6.45, 7) is 1.20. The molecule has 0 bridgehead atoms. The summed E-state index contributed by atoms with van der Waals surface area (Å²) in [5.41, 5.74) is 0.871. The van der Waals surface area contributed by atoms with Crippen molar-refractivity contribution in [3.8, 4) is 0 Å². The molecular formula is C15H18ClN3O. The van der Waals surface area contributed by atoms with Crippen LogP contribution in [0, 0.1) is 0 Å². The molecule has 1 fully saturated rings. The van der Waals surface area contributed by atoms with Crippen molar-refractivity contribution in [2.24, 2.45) is 0 Å². The van der Waals surface area contributed by atoms with E-state index in [0.29, 0.717) is 11.1 Å². The van der Waals surface area contributed by atoms with Gasteiger partial charge in [-0.25, -0.2) is 9.97 Å². The van der Waals surface area contributed by atoms with Crippen LogP contribution >= 0.6 is 11.6 Å². The number of anilines is 1. The smallest absolute Gasteiger partial charge is 0.140 e. The Morgan fingerprint density at radius 2 is 2.20 bits per heavy atom. The fourth-order valence-corrected chi connectivity index (χ4v) is 3.14. The summed E-state index contributed by atoms with van der Waals surface area (Å²) < 4.78 is 0. The van der Waals surface area contributed by atoms with E-state index in [2.05, 4.69) is 14.9 Å². The molecule has 0 aliphatic carbocycles. The molecule has 0 spiro atoms. The van der Waals surface area contributed by atoms with E-state index in [1.54, 1.807) is 6.33 Å². The third-order valence-electron chi connectivity index (χ3n) is 3.94. The average molecular weight is 292 g/mol. The van der Waals surface area contributed by atoms with Crippen LogP contribution in [0.1, 0.15) is 25.7 Å². The highest BCUT2D eigenvalue weighted by atomic mass is 35.5. The predicted molar refractivity (Wildman–Crippen MR) is 81.2 cm³/mol. The Morgan fingerprint density at radius 3 is 3.05 bits per heavy atom. The predicted octanol–water partition coefficient (Wildman–Crippen LogP) is 3.02. The summed E-state index contributed by atoms with van der Waals surface area (Å²) in [5.74, 6) is 0.963. The Hall–Kier alpha value is -1.39. The van der Waals surface area contributed by atoms with Gasteiger partial charge >= 0.3 is 0 Å². The Bertz CT molecular complexity index is 603. The van der Waals surface area contributed by atoms with Gasteiger partial charge in [0, 0.05) is 29.6 Å². The molecule has 4 nitrogen and oxygen atoms in total. The lowest BCUT2D eigenvalue weighted by Gasteiger charge is -2.37. The van der Waals surface area contributed by atoms with Gasteiger partial charge in [0.05, 0.1) is 5.52 Å². The zero-order valence-electron chi connectivity index (χ0n) is 11.3. The number of hydrogen-bond acceptors (Lipinski definition) is 4. The number of halogens is 1. The molecule has 0 radical (unpaired) electrons. The zero-order chi connectivity index (χ0) is 13.9. The topological polar surface area (TPSA) is 49.2 Å². The quantitative estimate of drug-likeness (QED) is 0.944. The number of piperidine rings is 1. The lowest BCUT2D eigenvalue weighted by Crippen LogP contribution is -2.40. The van der Waals surface area contributed by atoms with E-state index in [1.807, 2.05) is 18.2 Å². The van der Waals surface area contributed by atoms with Crippen LogP contribution in [0.3, 0.4) is 0 Å². The van der Waals surface area contributed by atoms with E-state index < -0.39 is 0 Å². The second-order valence-electron chi connectivity index (χ2n) is 5.21. The second-order valence-corrected chi connectivity index (χ2v) is 5.65. The van der Waals surface area contributed by atoms with Gasteiger partial charge in [-0.2, -0.15) is 0 Å². The maximum Gasteiger partial charge on any atom is 0.140 e. The Labute approximate surface area is 123 Å². The first-order valence-corrected chi connectivity index (χ1v) is 7.45. The lowest BCUT2D eigenvalue weighted by molar-refractivity contribution is 0.262. The lowest BCUT2D eigenvalue weighted by atomic mass is 9.99. The molecule has 1 saturated heterocycles. The first kappa shape index (κ1) is 13.6. The van der Waals surface area contributed by atoms with E-state index >= 15 is 0 Å². The number of aromatic nitrogens is 2. The van der Waals surface area contributed by atoms with E-state index in [9.17, 15) is 5.11 Å². The number of aliphatic hydroxyl groups excluding tert-OH is 1.